The first-order chi connectivity index (χ1) is 9.10. The summed E-state index contributed by atoms with van der Waals surface area (Å²) in [7, 11) is 0. The number of nitrogens with one attached hydrogen (secondary N) is 2. The molecule has 3 nitrogen and oxygen atoms in total. The molecule has 0 saturated carbocycles. The zero-order valence-electron chi connectivity index (χ0n) is 13.4. The number of hydrogen-bond donors (Lipinski definition) is 2. The Morgan fingerprint density at radius 1 is 1.00 bits per heavy atom. The van der Waals surface area contributed by atoms with Crippen LogP contribution in [0.3, 0.4) is 0 Å². The maximum Gasteiger partial charge on any atom is 0.221 e. The number of rotatable bonds is 12. The molecule has 0 bridgehead atoms. The molecule has 0 aliphatic heterocycles. The van der Waals surface area contributed by atoms with Crippen molar-refractivity contribution in [2.45, 2.75) is 91.1 Å². The van der Waals surface area contributed by atoms with Crippen LogP contribution in [0.4, 0.5) is 0 Å². The summed E-state index contributed by atoms with van der Waals surface area (Å²) in [4.78, 5) is 11.6. The van der Waals surface area contributed by atoms with Gasteiger partial charge in [0.1, 0.15) is 0 Å². The van der Waals surface area contributed by atoms with Crippen molar-refractivity contribution in [3.05, 3.63) is 0 Å². The smallest absolute Gasteiger partial charge is 0.221 e. The van der Waals surface area contributed by atoms with E-state index in [-0.39, 0.29) is 5.91 Å². The fourth-order valence-corrected chi connectivity index (χ4v) is 2.04. The fourth-order valence-electron chi connectivity index (χ4n) is 2.04. The van der Waals surface area contributed by atoms with Crippen LogP contribution in [0.5, 0.6) is 0 Å². The van der Waals surface area contributed by atoms with Crippen LogP contribution in [0.2, 0.25) is 0 Å². The number of carbonyl (C=O) groups is 1. The van der Waals surface area contributed by atoms with Crippen molar-refractivity contribution in [1.82, 2.24) is 10.6 Å². The summed E-state index contributed by atoms with van der Waals surface area (Å²) in [5, 5.41) is 6.43. The Kier molecular flexibility index (Phi) is 12.1. The molecule has 2 unspecified atom stereocenters. The molecule has 0 radical (unpaired) electrons. The van der Waals surface area contributed by atoms with Gasteiger partial charge in [-0.25, -0.2) is 0 Å². The highest BCUT2D eigenvalue weighted by atomic mass is 16.1. The van der Waals surface area contributed by atoms with Crippen LogP contribution in [-0.4, -0.2) is 24.5 Å². The third kappa shape index (κ3) is 12.2. The Balaban J connectivity index is 3.42. The van der Waals surface area contributed by atoms with Crippen molar-refractivity contribution in [3.8, 4) is 0 Å². The Morgan fingerprint density at radius 3 is 2.32 bits per heavy atom. The first-order valence-electron chi connectivity index (χ1n) is 8.12. The van der Waals surface area contributed by atoms with Gasteiger partial charge in [0.25, 0.3) is 0 Å². The topological polar surface area (TPSA) is 41.1 Å². The van der Waals surface area contributed by atoms with E-state index in [0.717, 1.165) is 13.0 Å². The van der Waals surface area contributed by atoms with Crippen LogP contribution in [0.25, 0.3) is 0 Å². The summed E-state index contributed by atoms with van der Waals surface area (Å²) in [6.07, 6.45) is 9.47. The Labute approximate surface area is 119 Å². The molecule has 2 atom stereocenters. The average molecular weight is 270 g/mol. The molecule has 114 valence electrons. The van der Waals surface area contributed by atoms with Crippen LogP contribution in [0, 0.1) is 0 Å². The van der Waals surface area contributed by atoms with Gasteiger partial charge in [0, 0.05) is 25.0 Å². The quantitative estimate of drug-likeness (QED) is 0.532. The van der Waals surface area contributed by atoms with E-state index in [1.165, 1.54) is 38.5 Å². The SMILES string of the molecule is CCCCCCCC(C)NCCC(=O)NC(C)CC. The molecule has 0 spiro atoms. The van der Waals surface area contributed by atoms with Crippen LogP contribution < -0.4 is 10.6 Å². The summed E-state index contributed by atoms with van der Waals surface area (Å²) in [5.41, 5.74) is 0. The largest absolute Gasteiger partial charge is 0.354 e. The van der Waals surface area contributed by atoms with Gasteiger partial charge in [0.15, 0.2) is 0 Å². The molecule has 0 heterocycles. The van der Waals surface area contributed by atoms with Crippen LogP contribution in [0.15, 0.2) is 0 Å². The molecular formula is C16H34N2O. The first kappa shape index (κ1) is 18.4. The van der Waals surface area contributed by atoms with E-state index in [0.29, 0.717) is 18.5 Å². The van der Waals surface area contributed by atoms with Gasteiger partial charge in [0.05, 0.1) is 0 Å². The molecule has 0 saturated heterocycles. The van der Waals surface area contributed by atoms with E-state index < -0.39 is 0 Å². The van der Waals surface area contributed by atoms with E-state index in [4.69, 9.17) is 0 Å². The highest BCUT2D eigenvalue weighted by Crippen LogP contribution is 2.06. The highest BCUT2D eigenvalue weighted by Gasteiger charge is 2.06. The lowest BCUT2D eigenvalue weighted by atomic mass is 10.1. The van der Waals surface area contributed by atoms with Crippen molar-refractivity contribution in [1.29, 1.82) is 0 Å². The Bertz CT molecular complexity index is 219. The second kappa shape index (κ2) is 12.5. The molecular weight excluding hydrogens is 236 g/mol. The molecule has 0 aromatic rings. The van der Waals surface area contributed by atoms with Crippen molar-refractivity contribution in [2.75, 3.05) is 6.54 Å². The Morgan fingerprint density at radius 2 is 1.68 bits per heavy atom. The zero-order chi connectivity index (χ0) is 14.5. The van der Waals surface area contributed by atoms with Gasteiger partial charge in [0.2, 0.25) is 5.91 Å². The summed E-state index contributed by atoms with van der Waals surface area (Å²) in [6, 6.07) is 0.821. The molecule has 0 aliphatic carbocycles. The molecule has 0 aliphatic rings. The first-order valence-corrected chi connectivity index (χ1v) is 8.12. The van der Waals surface area contributed by atoms with Gasteiger partial charge < -0.3 is 10.6 Å². The maximum absolute atomic E-state index is 11.6. The molecule has 1 amide bonds. The Hall–Kier alpha value is -0.570. The van der Waals surface area contributed by atoms with Crippen LogP contribution in [-0.2, 0) is 4.79 Å². The normalized spacial score (nSPS) is 14.1. The van der Waals surface area contributed by atoms with Crippen molar-refractivity contribution < 1.29 is 4.79 Å². The maximum atomic E-state index is 11.6. The van der Waals surface area contributed by atoms with Gasteiger partial charge >= 0.3 is 0 Å². The van der Waals surface area contributed by atoms with Crippen molar-refractivity contribution in [3.63, 3.8) is 0 Å². The lowest BCUT2D eigenvalue weighted by Crippen LogP contribution is -2.35. The number of hydrogen-bond acceptors (Lipinski definition) is 2. The number of amides is 1. The van der Waals surface area contributed by atoms with Gasteiger partial charge in [-0.05, 0) is 26.7 Å². The minimum absolute atomic E-state index is 0.164. The zero-order valence-corrected chi connectivity index (χ0v) is 13.4. The highest BCUT2D eigenvalue weighted by molar-refractivity contribution is 5.76. The third-order valence-corrected chi connectivity index (χ3v) is 3.61. The van der Waals surface area contributed by atoms with E-state index in [1.807, 2.05) is 6.92 Å². The molecule has 0 fully saturated rings. The van der Waals surface area contributed by atoms with E-state index in [1.54, 1.807) is 0 Å². The van der Waals surface area contributed by atoms with E-state index in [9.17, 15) is 4.79 Å². The molecule has 19 heavy (non-hydrogen) atoms. The molecule has 0 rings (SSSR count). The minimum atomic E-state index is 0.164. The van der Waals surface area contributed by atoms with E-state index in [2.05, 4.69) is 31.4 Å². The summed E-state index contributed by atoms with van der Waals surface area (Å²) < 4.78 is 0. The van der Waals surface area contributed by atoms with Crippen molar-refractivity contribution in [2.24, 2.45) is 0 Å². The minimum Gasteiger partial charge on any atom is -0.354 e. The molecule has 2 N–H and O–H groups in total. The lowest BCUT2D eigenvalue weighted by molar-refractivity contribution is -0.121. The van der Waals surface area contributed by atoms with Gasteiger partial charge in [-0.1, -0.05) is 46.0 Å². The predicted octanol–water partition coefficient (Wildman–Crippen LogP) is 3.63. The molecule has 0 aromatic carbocycles. The van der Waals surface area contributed by atoms with Gasteiger partial charge in [-0.2, -0.15) is 0 Å². The second-order valence-electron chi connectivity index (χ2n) is 5.68. The fraction of sp³-hybridized carbons (Fsp3) is 0.938. The summed E-state index contributed by atoms with van der Waals surface area (Å²) in [5.74, 6) is 0.164. The monoisotopic (exact) mass is 270 g/mol. The standard InChI is InChI=1S/C16H34N2O/c1-5-7-8-9-10-11-15(4)17-13-12-16(19)18-14(3)6-2/h14-15,17H,5-13H2,1-4H3,(H,18,19). The average Bonchev–Trinajstić information content (AvgIpc) is 2.38. The predicted molar refractivity (Wildman–Crippen MR) is 83.4 cm³/mol. The number of carbonyl (C=O) groups excluding carboxylic acids is 1. The van der Waals surface area contributed by atoms with Crippen LogP contribution >= 0.6 is 0 Å². The summed E-state index contributed by atoms with van der Waals surface area (Å²) >= 11 is 0. The van der Waals surface area contributed by atoms with Crippen LogP contribution in [0.1, 0.15) is 79.1 Å². The number of unbranched alkanes of at least 4 members (excludes halogenated alkanes) is 4. The third-order valence-electron chi connectivity index (χ3n) is 3.61. The van der Waals surface area contributed by atoms with Gasteiger partial charge in [-0.15, -0.1) is 0 Å². The lowest BCUT2D eigenvalue weighted by Gasteiger charge is -2.15. The summed E-state index contributed by atoms with van der Waals surface area (Å²) in [6.45, 7) is 9.38. The molecule has 0 aromatic heterocycles. The molecule has 3 heteroatoms. The second-order valence-corrected chi connectivity index (χ2v) is 5.68. The van der Waals surface area contributed by atoms with Crippen molar-refractivity contribution >= 4 is 5.91 Å². The van der Waals surface area contributed by atoms with E-state index >= 15 is 0 Å². The van der Waals surface area contributed by atoms with Gasteiger partial charge in [-0.3, -0.25) is 4.79 Å².